The molecule has 2 heterocycles. The molecular formula is C22H29N5O4. The second-order valence-electron chi connectivity index (χ2n) is 8.19. The van der Waals surface area contributed by atoms with E-state index in [4.69, 9.17) is 4.74 Å². The molecule has 1 saturated heterocycles. The van der Waals surface area contributed by atoms with Crippen molar-refractivity contribution in [3.63, 3.8) is 0 Å². The molecule has 9 nitrogen and oxygen atoms in total. The molecule has 166 valence electrons. The van der Waals surface area contributed by atoms with Crippen molar-refractivity contribution in [1.29, 1.82) is 0 Å². The zero-order valence-corrected chi connectivity index (χ0v) is 17.8. The molecule has 31 heavy (non-hydrogen) atoms. The van der Waals surface area contributed by atoms with Crippen LogP contribution in [0, 0.1) is 0 Å². The molecule has 9 heteroatoms. The van der Waals surface area contributed by atoms with Gasteiger partial charge in [0.05, 0.1) is 19.7 Å². The smallest absolute Gasteiger partial charge is 0.346 e. The first-order chi connectivity index (χ1) is 15.1. The van der Waals surface area contributed by atoms with Gasteiger partial charge in [-0.2, -0.15) is 5.10 Å². The maximum Gasteiger partial charge on any atom is 0.346 e. The van der Waals surface area contributed by atoms with Gasteiger partial charge in [-0.3, -0.25) is 14.2 Å². The Morgan fingerprint density at radius 2 is 1.97 bits per heavy atom. The third-order valence-electron chi connectivity index (χ3n) is 5.89. The van der Waals surface area contributed by atoms with Crippen LogP contribution in [0.25, 0.3) is 0 Å². The van der Waals surface area contributed by atoms with Crippen LogP contribution in [-0.2, 0) is 16.1 Å². The molecule has 1 saturated carbocycles. The van der Waals surface area contributed by atoms with Gasteiger partial charge in [-0.05, 0) is 37.8 Å². The summed E-state index contributed by atoms with van der Waals surface area (Å²) < 4.78 is 8.41. The normalized spacial score (nSPS) is 18.7. The van der Waals surface area contributed by atoms with E-state index in [1.165, 1.54) is 4.68 Å². The fraction of sp³-hybridized carbons (Fsp3) is 0.545. The standard InChI is InChI=1S/C22H29N5O4/c1-31-13-12-26-22(30)27(18-9-10-18)20(24-26)17-8-5-11-25(15-17)19(28)14-23-21(29)16-6-3-2-4-7-16/h2-4,6-7,17-18H,5,8-15H2,1H3,(H,23,29). The van der Waals surface area contributed by atoms with E-state index in [1.807, 2.05) is 10.6 Å². The Labute approximate surface area is 181 Å². The summed E-state index contributed by atoms with van der Waals surface area (Å²) in [6.45, 7) is 1.96. The molecule has 0 spiro atoms. The second kappa shape index (κ2) is 9.47. The number of carbonyl (C=O) groups excluding carboxylic acids is 2. The number of piperidine rings is 1. The van der Waals surface area contributed by atoms with Crippen LogP contribution in [-0.4, -0.2) is 64.4 Å². The van der Waals surface area contributed by atoms with Crippen molar-refractivity contribution in [2.24, 2.45) is 0 Å². The molecule has 4 rings (SSSR count). The monoisotopic (exact) mass is 427 g/mol. The summed E-state index contributed by atoms with van der Waals surface area (Å²) in [5.41, 5.74) is 0.440. The Balaban J connectivity index is 1.42. The van der Waals surface area contributed by atoms with E-state index in [2.05, 4.69) is 10.4 Å². The molecule has 1 aliphatic heterocycles. The molecule has 1 aliphatic carbocycles. The fourth-order valence-corrected chi connectivity index (χ4v) is 4.09. The molecule has 2 fully saturated rings. The molecule has 2 aliphatic rings. The first-order valence-electron chi connectivity index (χ1n) is 10.9. The lowest BCUT2D eigenvalue weighted by atomic mass is 9.97. The number of nitrogens with zero attached hydrogens (tertiary/aromatic N) is 4. The Morgan fingerprint density at radius 3 is 2.68 bits per heavy atom. The topological polar surface area (TPSA) is 98.5 Å². The number of likely N-dealkylation sites (tertiary alicyclic amines) is 1. The highest BCUT2D eigenvalue weighted by Gasteiger charge is 2.35. The van der Waals surface area contributed by atoms with Crippen molar-refractivity contribution in [3.8, 4) is 0 Å². The van der Waals surface area contributed by atoms with Crippen LogP contribution in [0.5, 0.6) is 0 Å². The lowest BCUT2D eigenvalue weighted by molar-refractivity contribution is -0.131. The van der Waals surface area contributed by atoms with Crippen molar-refractivity contribution < 1.29 is 14.3 Å². The summed E-state index contributed by atoms with van der Waals surface area (Å²) in [5, 5.41) is 7.33. The van der Waals surface area contributed by atoms with E-state index in [-0.39, 0.29) is 36.0 Å². The molecular weight excluding hydrogens is 398 g/mol. The maximum absolute atomic E-state index is 12.8. The van der Waals surface area contributed by atoms with Gasteiger partial charge in [0.1, 0.15) is 5.82 Å². The van der Waals surface area contributed by atoms with Crippen molar-refractivity contribution in [2.75, 3.05) is 33.4 Å². The summed E-state index contributed by atoms with van der Waals surface area (Å²) in [4.78, 5) is 39.6. The minimum absolute atomic E-state index is 0.0135. The number of benzene rings is 1. The SMILES string of the molecule is COCCn1nc(C2CCCN(C(=O)CNC(=O)c3ccccc3)C2)n(C2CC2)c1=O. The van der Waals surface area contributed by atoms with Crippen LogP contribution in [0.3, 0.4) is 0 Å². The van der Waals surface area contributed by atoms with Gasteiger partial charge in [-0.15, -0.1) is 0 Å². The zero-order chi connectivity index (χ0) is 21.8. The molecule has 1 atom stereocenters. The van der Waals surface area contributed by atoms with Crippen LogP contribution in [0.4, 0.5) is 0 Å². The number of amides is 2. The van der Waals surface area contributed by atoms with Gasteiger partial charge in [-0.25, -0.2) is 9.48 Å². The lowest BCUT2D eigenvalue weighted by Gasteiger charge is -2.32. The van der Waals surface area contributed by atoms with E-state index < -0.39 is 0 Å². The third-order valence-corrected chi connectivity index (χ3v) is 5.89. The number of rotatable bonds is 8. The van der Waals surface area contributed by atoms with Gasteiger partial charge < -0.3 is 15.0 Å². The van der Waals surface area contributed by atoms with Gasteiger partial charge in [0.15, 0.2) is 0 Å². The molecule has 1 aromatic heterocycles. The Hall–Kier alpha value is -2.94. The molecule has 1 aromatic carbocycles. The van der Waals surface area contributed by atoms with E-state index in [9.17, 15) is 14.4 Å². The number of carbonyl (C=O) groups is 2. The summed E-state index contributed by atoms with van der Waals surface area (Å²) in [6, 6.07) is 9.07. The highest BCUT2D eigenvalue weighted by molar-refractivity contribution is 5.96. The highest BCUT2D eigenvalue weighted by Crippen LogP contribution is 2.37. The van der Waals surface area contributed by atoms with E-state index in [0.717, 1.165) is 31.5 Å². The van der Waals surface area contributed by atoms with Gasteiger partial charge in [0, 0.05) is 37.7 Å². The number of aromatic nitrogens is 3. The van der Waals surface area contributed by atoms with E-state index in [0.29, 0.717) is 31.8 Å². The average molecular weight is 428 g/mol. The van der Waals surface area contributed by atoms with Gasteiger partial charge in [-0.1, -0.05) is 18.2 Å². The van der Waals surface area contributed by atoms with Gasteiger partial charge in [0.25, 0.3) is 5.91 Å². The summed E-state index contributed by atoms with van der Waals surface area (Å²) in [5.74, 6) is 0.407. The fourth-order valence-electron chi connectivity index (χ4n) is 4.09. The second-order valence-corrected chi connectivity index (χ2v) is 8.19. The average Bonchev–Trinajstić information content (AvgIpc) is 3.59. The number of methoxy groups -OCH3 is 1. The molecule has 1 N–H and O–H groups in total. The summed E-state index contributed by atoms with van der Waals surface area (Å²) >= 11 is 0. The van der Waals surface area contributed by atoms with E-state index in [1.54, 1.807) is 36.3 Å². The van der Waals surface area contributed by atoms with Crippen LogP contribution >= 0.6 is 0 Å². The zero-order valence-electron chi connectivity index (χ0n) is 17.8. The molecule has 1 unspecified atom stereocenters. The molecule has 0 bridgehead atoms. The molecule has 2 amide bonds. The lowest BCUT2D eigenvalue weighted by Crippen LogP contribution is -2.45. The predicted molar refractivity (Wildman–Crippen MR) is 114 cm³/mol. The minimum atomic E-state index is -0.262. The highest BCUT2D eigenvalue weighted by atomic mass is 16.5. The van der Waals surface area contributed by atoms with E-state index >= 15 is 0 Å². The van der Waals surface area contributed by atoms with Crippen molar-refractivity contribution in [3.05, 3.63) is 52.2 Å². The summed E-state index contributed by atoms with van der Waals surface area (Å²) in [7, 11) is 1.60. The summed E-state index contributed by atoms with van der Waals surface area (Å²) in [6.07, 6.45) is 3.70. The number of nitrogens with one attached hydrogen (secondary N) is 1. The Morgan fingerprint density at radius 1 is 1.19 bits per heavy atom. The van der Waals surface area contributed by atoms with Crippen LogP contribution in [0.2, 0.25) is 0 Å². The number of hydrogen-bond donors (Lipinski definition) is 1. The van der Waals surface area contributed by atoms with Crippen molar-refractivity contribution >= 4 is 11.8 Å². The van der Waals surface area contributed by atoms with Crippen LogP contribution in [0.1, 0.15) is 53.8 Å². The largest absolute Gasteiger partial charge is 0.383 e. The quantitative estimate of drug-likeness (QED) is 0.682. The Kier molecular flexibility index (Phi) is 6.50. The first kappa shape index (κ1) is 21.3. The molecule has 0 radical (unpaired) electrons. The predicted octanol–water partition coefficient (Wildman–Crippen LogP) is 1.16. The molecule has 2 aromatic rings. The van der Waals surface area contributed by atoms with Crippen LogP contribution in [0.15, 0.2) is 35.1 Å². The van der Waals surface area contributed by atoms with Crippen LogP contribution < -0.4 is 11.0 Å². The first-order valence-corrected chi connectivity index (χ1v) is 10.9. The van der Waals surface area contributed by atoms with Crippen molar-refractivity contribution in [1.82, 2.24) is 24.6 Å². The number of hydrogen-bond acceptors (Lipinski definition) is 5. The van der Waals surface area contributed by atoms with Gasteiger partial charge in [0.2, 0.25) is 5.91 Å². The van der Waals surface area contributed by atoms with Crippen molar-refractivity contribution in [2.45, 2.75) is 44.2 Å². The maximum atomic E-state index is 12.8. The van der Waals surface area contributed by atoms with Gasteiger partial charge >= 0.3 is 5.69 Å². The minimum Gasteiger partial charge on any atom is -0.383 e. The third kappa shape index (κ3) is 4.87. The number of ether oxygens (including phenoxy) is 1. The Bertz CT molecular complexity index is 980.